The average Bonchev–Trinajstić information content (AvgIpc) is 3.73. The third kappa shape index (κ3) is 6.54. The number of pyridine rings is 1. The number of carbonyl (C=O) groups excluding carboxylic acids is 1. The highest BCUT2D eigenvalue weighted by Crippen LogP contribution is 2.42. The van der Waals surface area contributed by atoms with Crippen molar-refractivity contribution < 1.29 is 24.5 Å². The van der Waals surface area contributed by atoms with Gasteiger partial charge in [0.15, 0.2) is 5.82 Å². The van der Waals surface area contributed by atoms with E-state index in [1.165, 1.54) is 22.9 Å². The largest absolute Gasteiger partial charge is 0.486 e. The maximum atomic E-state index is 12.6. The van der Waals surface area contributed by atoms with E-state index in [0.29, 0.717) is 43.4 Å². The molecule has 2 N–H and O–H groups in total. The normalized spacial score (nSPS) is 17.0. The van der Waals surface area contributed by atoms with Crippen LogP contribution in [0.15, 0.2) is 60.8 Å². The Morgan fingerprint density at radius 3 is 2.51 bits per heavy atom. The molecule has 2 aromatic carbocycles. The van der Waals surface area contributed by atoms with Crippen molar-refractivity contribution in [1.82, 2.24) is 19.7 Å². The van der Waals surface area contributed by atoms with Gasteiger partial charge in [-0.25, -0.2) is 14.5 Å². The predicted molar refractivity (Wildman–Crippen MR) is 180 cm³/mol. The summed E-state index contributed by atoms with van der Waals surface area (Å²) in [5.41, 5.74) is 7.59. The molecule has 3 heterocycles. The molecule has 9 nitrogen and oxygen atoms in total. The predicted octanol–water partition coefficient (Wildman–Crippen LogP) is 6.69. The van der Waals surface area contributed by atoms with Gasteiger partial charge >= 0.3 is 5.97 Å². The minimum Gasteiger partial charge on any atom is -0.486 e. The molecule has 2 unspecified atom stereocenters. The van der Waals surface area contributed by atoms with Crippen LogP contribution in [0.5, 0.6) is 5.75 Å². The summed E-state index contributed by atoms with van der Waals surface area (Å²) in [6, 6.07) is 18.5. The molecular formula is C38H44N4O5. The summed E-state index contributed by atoms with van der Waals surface area (Å²) >= 11 is 0. The number of benzene rings is 2. The Hall–Kier alpha value is -4.50. The molecule has 4 aromatic rings. The quantitative estimate of drug-likeness (QED) is 0.188. The van der Waals surface area contributed by atoms with Crippen LogP contribution in [-0.4, -0.2) is 60.9 Å². The number of hydrogen-bond acceptors (Lipinski definition) is 6. The molecule has 1 amide bonds. The maximum Gasteiger partial charge on any atom is 0.339 e. The molecular weight excluding hydrogens is 592 g/mol. The molecule has 0 radical (unpaired) electrons. The van der Waals surface area contributed by atoms with Gasteiger partial charge in [-0.3, -0.25) is 4.79 Å². The molecule has 1 fully saturated rings. The Kier molecular flexibility index (Phi) is 9.73. The lowest BCUT2D eigenvalue weighted by Crippen LogP contribution is -2.43. The topological polar surface area (TPSA) is 118 Å². The number of piperidine rings is 1. The fraction of sp³-hybridized carbons (Fsp3) is 0.421. The minimum absolute atomic E-state index is 0.125. The molecule has 246 valence electrons. The van der Waals surface area contributed by atoms with E-state index in [1.807, 2.05) is 36.9 Å². The summed E-state index contributed by atoms with van der Waals surface area (Å²) in [7, 11) is 0. The number of rotatable bonds is 11. The molecule has 2 atom stereocenters. The highest BCUT2D eigenvalue weighted by Gasteiger charge is 2.30. The Morgan fingerprint density at radius 1 is 1.00 bits per heavy atom. The van der Waals surface area contributed by atoms with Gasteiger partial charge in [0.1, 0.15) is 23.5 Å². The number of aryl methyl sites for hydroxylation is 2. The van der Waals surface area contributed by atoms with Crippen LogP contribution in [0.3, 0.4) is 0 Å². The first-order valence-electron chi connectivity index (χ1n) is 17.0. The van der Waals surface area contributed by atoms with E-state index in [4.69, 9.17) is 9.72 Å². The molecule has 1 aliphatic heterocycles. The average molecular weight is 637 g/mol. The molecule has 1 aliphatic carbocycles. The smallest absolute Gasteiger partial charge is 0.339 e. The third-order valence-corrected chi connectivity index (χ3v) is 9.72. The van der Waals surface area contributed by atoms with Gasteiger partial charge < -0.3 is 19.8 Å². The van der Waals surface area contributed by atoms with E-state index in [9.17, 15) is 19.8 Å². The monoisotopic (exact) mass is 636 g/mol. The van der Waals surface area contributed by atoms with Gasteiger partial charge in [0.2, 0.25) is 0 Å². The second-order valence-corrected chi connectivity index (χ2v) is 12.6. The number of carboxylic acids is 1. The van der Waals surface area contributed by atoms with Gasteiger partial charge in [-0.2, -0.15) is 5.10 Å². The summed E-state index contributed by atoms with van der Waals surface area (Å²) < 4.78 is 8.36. The molecule has 0 spiro atoms. The van der Waals surface area contributed by atoms with E-state index in [2.05, 4.69) is 48.4 Å². The summed E-state index contributed by atoms with van der Waals surface area (Å²) in [4.78, 5) is 31.1. The highest BCUT2D eigenvalue weighted by atomic mass is 16.5. The van der Waals surface area contributed by atoms with Gasteiger partial charge in [-0.1, -0.05) is 57.5 Å². The van der Waals surface area contributed by atoms with E-state index in [1.54, 1.807) is 4.68 Å². The fourth-order valence-corrected chi connectivity index (χ4v) is 7.31. The van der Waals surface area contributed by atoms with Crippen molar-refractivity contribution in [2.45, 2.75) is 90.3 Å². The summed E-state index contributed by atoms with van der Waals surface area (Å²) in [5, 5.41) is 24.2. The lowest BCUT2D eigenvalue weighted by Gasteiger charge is -2.34. The zero-order valence-corrected chi connectivity index (χ0v) is 27.5. The Bertz CT molecular complexity index is 1760. The highest BCUT2D eigenvalue weighted by molar-refractivity contribution is 5.88. The lowest BCUT2D eigenvalue weighted by atomic mass is 9.85. The van der Waals surface area contributed by atoms with Crippen molar-refractivity contribution >= 4 is 11.9 Å². The summed E-state index contributed by atoms with van der Waals surface area (Å²) in [6.07, 6.45) is 6.64. The number of likely N-dealkylation sites (tertiary alicyclic amines) is 1. The van der Waals surface area contributed by atoms with Crippen LogP contribution in [0.2, 0.25) is 0 Å². The van der Waals surface area contributed by atoms with Gasteiger partial charge in [0.25, 0.3) is 5.91 Å². The number of aromatic nitrogens is 3. The number of aromatic carboxylic acids is 1. The van der Waals surface area contributed by atoms with Gasteiger partial charge in [0.05, 0.1) is 17.6 Å². The van der Waals surface area contributed by atoms with Crippen molar-refractivity contribution in [3.8, 4) is 22.8 Å². The van der Waals surface area contributed by atoms with Crippen LogP contribution in [0.25, 0.3) is 17.1 Å². The van der Waals surface area contributed by atoms with Crippen LogP contribution < -0.4 is 4.74 Å². The molecule has 2 aliphatic rings. The molecule has 0 bridgehead atoms. The first-order valence-corrected chi connectivity index (χ1v) is 17.0. The molecule has 2 aromatic heterocycles. The maximum absolute atomic E-state index is 12.6. The summed E-state index contributed by atoms with van der Waals surface area (Å²) in [6.45, 7) is 7.41. The van der Waals surface area contributed by atoms with E-state index < -0.39 is 12.1 Å². The Morgan fingerprint density at radius 2 is 1.79 bits per heavy atom. The SMILES string of the molecule is CCCC(O)C(=O)N1CCC(c2ccc(OC3CCc4cccc(-c5cccc(-n6ncc(C(=O)O)c6CC)n5)c43)cc2CC)CC1. The standard InChI is InChI=1S/C38H44N4O5/c1-4-9-33(43)37(44)41-20-18-25(19-21-41)28-16-15-27(22-24(28)5-2)47-34-17-14-26-10-7-11-29(36(26)34)31-12-8-13-35(40-31)42-32(6-3)30(23-39-42)38(45)46/h7-8,10-13,15-16,22-23,25,33-34,43H,4-6,9,14,17-21H2,1-3H3,(H,45,46). The van der Waals surface area contributed by atoms with Gasteiger partial charge in [-0.05, 0) is 91.8 Å². The zero-order chi connectivity index (χ0) is 33.1. The van der Waals surface area contributed by atoms with Crippen molar-refractivity contribution in [3.05, 3.63) is 94.3 Å². The number of hydrogen-bond donors (Lipinski definition) is 2. The number of amides is 1. The second-order valence-electron chi connectivity index (χ2n) is 12.6. The number of aliphatic hydroxyl groups excluding tert-OH is 1. The number of fused-ring (bicyclic) bond motifs is 1. The van der Waals surface area contributed by atoms with Crippen LogP contribution >= 0.6 is 0 Å². The van der Waals surface area contributed by atoms with Crippen molar-refractivity contribution in [3.63, 3.8) is 0 Å². The summed E-state index contributed by atoms with van der Waals surface area (Å²) in [5.74, 6) is 0.668. The Labute approximate surface area is 276 Å². The number of ether oxygens (including phenoxy) is 1. The molecule has 0 saturated carbocycles. The van der Waals surface area contributed by atoms with Crippen LogP contribution in [0.4, 0.5) is 0 Å². The first-order chi connectivity index (χ1) is 22.8. The van der Waals surface area contributed by atoms with E-state index in [0.717, 1.165) is 61.1 Å². The molecule has 6 rings (SSSR count). The minimum atomic E-state index is -0.996. The molecule has 47 heavy (non-hydrogen) atoms. The van der Waals surface area contributed by atoms with E-state index >= 15 is 0 Å². The lowest BCUT2D eigenvalue weighted by molar-refractivity contribution is -0.141. The Balaban J connectivity index is 1.21. The first kappa shape index (κ1) is 32.4. The molecule has 9 heteroatoms. The van der Waals surface area contributed by atoms with Gasteiger partial charge in [0, 0.05) is 24.2 Å². The number of nitrogens with zero attached hydrogens (tertiary/aromatic N) is 4. The fourth-order valence-electron chi connectivity index (χ4n) is 7.31. The zero-order valence-electron chi connectivity index (χ0n) is 27.5. The van der Waals surface area contributed by atoms with Crippen molar-refractivity contribution in [2.75, 3.05) is 13.1 Å². The molecule has 1 saturated heterocycles. The van der Waals surface area contributed by atoms with Crippen LogP contribution in [0.1, 0.15) is 103 Å². The van der Waals surface area contributed by atoms with Crippen LogP contribution in [0, 0.1) is 0 Å². The van der Waals surface area contributed by atoms with E-state index in [-0.39, 0.29) is 17.6 Å². The number of aliphatic hydroxyl groups is 1. The second kappa shape index (κ2) is 14.1. The number of carboxylic acid groups (broad SMARTS) is 1. The third-order valence-electron chi connectivity index (χ3n) is 9.72. The van der Waals surface area contributed by atoms with Crippen molar-refractivity contribution in [2.24, 2.45) is 0 Å². The van der Waals surface area contributed by atoms with Crippen LogP contribution in [-0.2, 0) is 24.1 Å². The number of carbonyl (C=O) groups is 2. The van der Waals surface area contributed by atoms with Crippen molar-refractivity contribution in [1.29, 1.82) is 0 Å². The van der Waals surface area contributed by atoms with Gasteiger partial charge in [-0.15, -0.1) is 0 Å².